The summed E-state index contributed by atoms with van der Waals surface area (Å²) in [6, 6.07) is 15.5. The van der Waals surface area contributed by atoms with E-state index in [1.165, 1.54) is 21.8 Å². The van der Waals surface area contributed by atoms with Crippen molar-refractivity contribution in [2.75, 3.05) is 39.3 Å². The molecule has 1 amide bonds. The van der Waals surface area contributed by atoms with Crippen molar-refractivity contribution < 1.29 is 17.6 Å². The molecule has 0 aromatic heterocycles. The van der Waals surface area contributed by atoms with Gasteiger partial charge in [-0.05, 0) is 35.8 Å². The van der Waals surface area contributed by atoms with Crippen LogP contribution in [0.5, 0.6) is 0 Å². The van der Waals surface area contributed by atoms with Gasteiger partial charge < -0.3 is 5.32 Å². The maximum Gasteiger partial charge on any atom is 0.236 e. The SMILES string of the molecule is O=C(CN1CCN(S(=O)(=O)/C=C/c2ccccc2)CC1)NCCc1ccc(F)cc1. The van der Waals surface area contributed by atoms with Gasteiger partial charge in [-0.15, -0.1) is 0 Å². The number of nitrogens with zero attached hydrogens (tertiary/aromatic N) is 2. The van der Waals surface area contributed by atoms with E-state index in [4.69, 9.17) is 0 Å². The van der Waals surface area contributed by atoms with Crippen LogP contribution in [-0.2, 0) is 21.2 Å². The predicted molar refractivity (Wildman–Crippen MR) is 116 cm³/mol. The van der Waals surface area contributed by atoms with E-state index in [0.717, 1.165) is 11.1 Å². The number of benzene rings is 2. The second-order valence-corrected chi connectivity index (χ2v) is 8.98. The molecule has 1 aliphatic rings. The number of carbonyl (C=O) groups excluding carboxylic acids is 1. The lowest BCUT2D eigenvalue weighted by atomic mass is 10.1. The number of carbonyl (C=O) groups is 1. The molecule has 0 saturated carbocycles. The molecule has 1 N–H and O–H groups in total. The molecule has 8 heteroatoms. The fourth-order valence-corrected chi connectivity index (χ4v) is 4.39. The minimum atomic E-state index is -3.48. The van der Waals surface area contributed by atoms with Crippen LogP contribution in [0.15, 0.2) is 60.0 Å². The van der Waals surface area contributed by atoms with Crippen LogP contribution in [0.1, 0.15) is 11.1 Å². The normalized spacial score (nSPS) is 16.0. The van der Waals surface area contributed by atoms with Crippen molar-refractivity contribution in [1.82, 2.24) is 14.5 Å². The molecule has 2 aromatic carbocycles. The zero-order valence-corrected chi connectivity index (χ0v) is 17.5. The summed E-state index contributed by atoms with van der Waals surface area (Å²) in [5.74, 6) is -0.378. The molecule has 2 aromatic rings. The fraction of sp³-hybridized carbons (Fsp3) is 0.318. The highest BCUT2D eigenvalue weighted by atomic mass is 32.2. The molecule has 0 radical (unpaired) electrons. The van der Waals surface area contributed by atoms with E-state index in [1.807, 2.05) is 35.2 Å². The number of amides is 1. The molecule has 1 aliphatic heterocycles. The molecule has 3 rings (SSSR count). The van der Waals surface area contributed by atoms with Crippen LogP contribution >= 0.6 is 0 Å². The highest BCUT2D eigenvalue weighted by Crippen LogP contribution is 2.11. The van der Waals surface area contributed by atoms with Crippen molar-refractivity contribution in [1.29, 1.82) is 0 Å². The Bertz CT molecular complexity index is 955. The third-order valence-corrected chi connectivity index (χ3v) is 6.50. The highest BCUT2D eigenvalue weighted by molar-refractivity contribution is 7.92. The average Bonchev–Trinajstić information content (AvgIpc) is 2.75. The van der Waals surface area contributed by atoms with E-state index in [2.05, 4.69) is 5.32 Å². The first kappa shape index (κ1) is 22.1. The fourth-order valence-electron chi connectivity index (χ4n) is 3.21. The molecular formula is C22H26FN3O3S. The largest absolute Gasteiger partial charge is 0.355 e. The minimum Gasteiger partial charge on any atom is -0.355 e. The predicted octanol–water partition coefficient (Wildman–Crippen LogP) is 2.10. The number of halogens is 1. The van der Waals surface area contributed by atoms with Gasteiger partial charge in [-0.25, -0.2) is 12.8 Å². The van der Waals surface area contributed by atoms with Crippen LogP contribution in [0.4, 0.5) is 4.39 Å². The third-order valence-electron chi connectivity index (χ3n) is 4.94. The summed E-state index contributed by atoms with van der Waals surface area (Å²) in [5, 5.41) is 4.09. The maximum absolute atomic E-state index is 12.9. The minimum absolute atomic E-state index is 0.0996. The lowest BCUT2D eigenvalue weighted by Crippen LogP contribution is -2.50. The molecule has 0 aliphatic carbocycles. The molecule has 6 nitrogen and oxygen atoms in total. The average molecular weight is 432 g/mol. The Morgan fingerprint density at radius 2 is 1.67 bits per heavy atom. The Morgan fingerprint density at radius 3 is 2.33 bits per heavy atom. The van der Waals surface area contributed by atoms with E-state index >= 15 is 0 Å². The first-order valence-corrected chi connectivity index (χ1v) is 11.4. The van der Waals surface area contributed by atoms with Crippen molar-refractivity contribution in [2.24, 2.45) is 0 Å². The Hall–Kier alpha value is -2.55. The number of rotatable bonds is 8. The van der Waals surface area contributed by atoms with Gasteiger partial charge in [0.15, 0.2) is 0 Å². The standard InChI is InChI=1S/C22H26FN3O3S/c23-21-8-6-20(7-9-21)10-12-24-22(27)18-25-13-15-26(16-14-25)30(28,29)17-11-19-4-2-1-3-5-19/h1-9,11,17H,10,12-16,18H2,(H,24,27)/b17-11+. The van der Waals surface area contributed by atoms with Gasteiger partial charge in [0, 0.05) is 38.1 Å². The zero-order chi connectivity index (χ0) is 21.4. The second-order valence-electron chi connectivity index (χ2n) is 7.16. The first-order valence-electron chi connectivity index (χ1n) is 9.89. The summed E-state index contributed by atoms with van der Waals surface area (Å²) >= 11 is 0. The summed E-state index contributed by atoms with van der Waals surface area (Å²) in [7, 11) is -3.48. The summed E-state index contributed by atoms with van der Waals surface area (Å²) in [5.41, 5.74) is 1.79. The molecule has 0 bridgehead atoms. The van der Waals surface area contributed by atoms with Crippen molar-refractivity contribution in [3.63, 3.8) is 0 Å². The van der Waals surface area contributed by atoms with Crippen molar-refractivity contribution >= 4 is 22.0 Å². The smallest absolute Gasteiger partial charge is 0.236 e. The van der Waals surface area contributed by atoms with E-state index in [9.17, 15) is 17.6 Å². The van der Waals surface area contributed by atoms with Gasteiger partial charge in [0.25, 0.3) is 0 Å². The van der Waals surface area contributed by atoms with Crippen LogP contribution in [0.3, 0.4) is 0 Å². The lowest BCUT2D eigenvalue weighted by molar-refractivity contribution is -0.122. The van der Waals surface area contributed by atoms with E-state index in [-0.39, 0.29) is 18.3 Å². The maximum atomic E-state index is 12.9. The van der Waals surface area contributed by atoms with Crippen LogP contribution in [0, 0.1) is 5.82 Å². The monoisotopic (exact) mass is 431 g/mol. The molecule has 160 valence electrons. The van der Waals surface area contributed by atoms with Gasteiger partial charge in [0.2, 0.25) is 15.9 Å². The Labute approximate surface area is 177 Å². The zero-order valence-electron chi connectivity index (χ0n) is 16.7. The molecule has 1 saturated heterocycles. The summed E-state index contributed by atoms with van der Waals surface area (Å²) in [6.07, 6.45) is 2.22. The highest BCUT2D eigenvalue weighted by Gasteiger charge is 2.25. The summed E-state index contributed by atoms with van der Waals surface area (Å²) in [6.45, 7) is 2.42. The summed E-state index contributed by atoms with van der Waals surface area (Å²) < 4.78 is 39.3. The van der Waals surface area contributed by atoms with E-state index in [0.29, 0.717) is 39.1 Å². The van der Waals surface area contributed by atoms with Crippen molar-refractivity contribution in [3.05, 3.63) is 76.9 Å². The van der Waals surface area contributed by atoms with Gasteiger partial charge in [0.1, 0.15) is 5.82 Å². The number of hydrogen-bond donors (Lipinski definition) is 1. The van der Waals surface area contributed by atoms with Gasteiger partial charge in [-0.1, -0.05) is 42.5 Å². The van der Waals surface area contributed by atoms with Crippen molar-refractivity contribution in [3.8, 4) is 0 Å². The number of sulfonamides is 1. The van der Waals surface area contributed by atoms with E-state index in [1.54, 1.807) is 18.2 Å². The Balaban J connectivity index is 1.39. The van der Waals surface area contributed by atoms with Gasteiger partial charge >= 0.3 is 0 Å². The molecule has 0 spiro atoms. The number of hydrogen-bond acceptors (Lipinski definition) is 4. The molecule has 1 heterocycles. The molecule has 1 fully saturated rings. The number of nitrogens with one attached hydrogen (secondary N) is 1. The molecular weight excluding hydrogens is 405 g/mol. The van der Waals surface area contributed by atoms with Crippen LogP contribution < -0.4 is 5.32 Å². The Morgan fingerprint density at radius 1 is 1.00 bits per heavy atom. The van der Waals surface area contributed by atoms with Crippen molar-refractivity contribution in [2.45, 2.75) is 6.42 Å². The Kier molecular flexibility index (Phi) is 7.73. The van der Waals surface area contributed by atoms with Gasteiger partial charge in [-0.2, -0.15) is 4.31 Å². The molecule has 30 heavy (non-hydrogen) atoms. The van der Waals surface area contributed by atoms with E-state index < -0.39 is 10.0 Å². The van der Waals surface area contributed by atoms with Gasteiger partial charge in [-0.3, -0.25) is 9.69 Å². The lowest BCUT2D eigenvalue weighted by Gasteiger charge is -2.32. The third kappa shape index (κ3) is 6.76. The molecule has 0 unspecified atom stereocenters. The number of piperazine rings is 1. The quantitative estimate of drug-likeness (QED) is 0.695. The van der Waals surface area contributed by atoms with Crippen LogP contribution in [0.25, 0.3) is 6.08 Å². The first-order chi connectivity index (χ1) is 14.4. The summed E-state index contributed by atoms with van der Waals surface area (Å²) in [4.78, 5) is 14.1. The van der Waals surface area contributed by atoms with Gasteiger partial charge in [0.05, 0.1) is 6.54 Å². The van der Waals surface area contributed by atoms with Crippen LogP contribution in [0.2, 0.25) is 0 Å². The second kappa shape index (κ2) is 10.5. The molecule has 0 atom stereocenters. The topological polar surface area (TPSA) is 69.7 Å². The van der Waals surface area contributed by atoms with Crippen LogP contribution in [-0.4, -0.2) is 62.8 Å².